The Morgan fingerprint density at radius 2 is 1.96 bits per heavy atom. The average Bonchev–Trinajstić information content (AvgIpc) is 2.52. The van der Waals surface area contributed by atoms with E-state index >= 15 is 0 Å². The smallest absolute Gasteiger partial charge is 0.387 e. The number of carbonyl (C=O) groups is 1. The van der Waals surface area contributed by atoms with Crippen LogP contribution in [0.1, 0.15) is 42.9 Å². The second-order valence-corrected chi connectivity index (χ2v) is 6.16. The Hall–Kier alpha value is -1.56. The molecule has 23 heavy (non-hydrogen) atoms. The molecule has 1 fully saturated rings. The third-order valence-corrected chi connectivity index (χ3v) is 4.54. The summed E-state index contributed by atoms with van der Waals surface area (Å²) in [4.78, 5) is 12.2. The molecule has 0 heterocycles. The minimum Gasteiger partial charge on any atom is -0.387 e. The summed E-state index contributed by atoms with van der Waals surface area (Å²) in [5.41, 5.74) is 1.55. The number of aryl methyl sites for hydroxylation is 1. The molecule has 1 amide bonds. The van der Waals surface area contributed by atoms with Crippen molar-refractivity contribution < 1.29 is 23.1 Å². The monoisotopic (exact) mass is 329 g/mol. The van der Waals surface area contributed by atoms with Crippen molar-refractivity contribution in [3.05, 3.63) is 35.4 Å². The first-order valence-corrected chi connectivity index (χ1v) is 7.88. The van der Waals surface area contributed by atoms with Crippen LogP contribution in [-0.2, 0) is 4.79 Å². The SMILES string of the molecule is Cc1ccccc1[C@H](O)CNC(=O)[C@H]1CCCC[C@H]1C(F)(F)F. The standard InChI is InChI=1S/C17H22F3NO2/c1-11-6-2-3-7-12(11)15(22)10-21-16(23)13-8-4-5-9-14(13)17(18,19)20/h2-3,6-7,13-15,22H,4-5,8-10H2,1H3,(H,21,23)/t13-,14+,15+/m0/s1. The molecule has 0 aliphatic heterocycles. The third kappa shape index (κ3) is 4.47. The van der Waals surface area contributed by atoms with E-state index in [4.69, 9.17) is 0 Å². The number of amides is 1. The van der Waals surface area contributed by atoms with Crippen LogP contribution in [0.15, 0.2) is 24.3 Å². The molecular weight excluding hydrogens is 307 g/mol. The first kappa shape index (κ1) is 17.8. The first-order valence-electron chi connectivity index (χ1n) is 7.88. The molecule has 1 aliphatic rings. The number of alkyl halides is 3. The van der Waals surface area contributed by atoms with Gasteiger partial charge in [-0.3, -0.25) is 4.79 Å². The predicted octanol–water partition coefficient (Wildman–Crippen LogP) is 3.51. The molecular formula is C17H22F3NO2. The minimum absolute atomic E-state index is 0.00192. The maximum atomic E-state index is 13.0. The molecule has 0 unspecified atom stereocenters. The quantitative estimate of drug-likeness (QED) is 0.888. The highest BCUT2D eigenvalue weighted by Crippen LogP contribution is 2.41. The maximum absolute atomic E-state index is 13.0. The third-order valence-electron chi connectivity index (χ3n) is 4.54. The second kappa shape index (κ2) is 7.34. The van der Waals surface area contributed by atoms with Gasteiger partial charge < -0.3 is 10.4 Å². The van der Waals surface area contributed by atoms with Gasteiger partial charge in [0.25, 0.3) is 0 Å². The highest BCUT2D eigenvalue weighted by Gasteiger charge is 2.47. The maximum Gasteiger partial charge on any atom is 0.392 e. The molecule has 3 nitrogen and oxygen atoms in total. The van der Waals surface area contributed by atoms with Gasteiger partial charge in [0.1, 0.15) is 0 Å². The number of carbonyl (C=O) groups excluding carboxylic acids is 1. The van der Waals surface area contributed by atoms with Gasteiger partial charge in [0.2, 0.25) is 5.91 Å². The average molecular weight is 329 g/mol. The molecule has 0 saturated heterocycles. The number of benzene rings is 1. The van der Waals surface area contributed by atoms with Gasteiger partial charge in [-0.25, -0.2) is 0 Å². The fraction of sp³-hybridized carbons (Fsp3) is 0.588. The Labute approximate surface area is 133 Å². The molecule has 1 aliphatic carbocycles. The van der Waals surface area contributed by atoms with Gasteiger partial charge in [-0.2, -0.15) is 13.2 Å². The Bertz CT molecular complexity index is 545. The van der Waals surface area contributed by atoms with Gasteiger partial charge in [0, 0.05) is 12.5 Å². The lowest BCUT2D eigenvalue weighted by molar-refractivity contribution is -0.198. The number of hydrogen-bond donors (Lipinski definition) is 2. The second-order valence-electron chi connectivity index (χ2n) is 6.16. The number of aliphatic hydroxyl groups excluding tert-OH is 1. The van der Waals surface area contributed by atoms with Crippen molar-refractivity contribution in [1.82, 2.24) is 5.32 Å². The van der Waals surface area contributed by atoms with Crippen LogP contribution in [0, 0.1) is 18.8 Å². The van der Waals surface area contributed by atoms with Crippen molar-refractivity contribution in [3.63, 3.8) is 0 Å². The molecule has 2 N–H and O–H groups in total. The van der Waals surface area contributed by atoms with E-state index < -0.39 is 30.0 Å². The van der Waals surface area contributed by atoms with Crippen LogP contribution in [0.3, 0.4) is 0 Å². The predicted molar refractivity (Wildman–Crippen MR) is 80.7 cm³/mol. The molecule has 3 atom stereocenters. The number of rotatable bonds is 4. The normalized spacial score (nSPS) is 23.3. The van der Waals surface area contributed by atoms with E-state index in [-0.39, 0.29) is 19.4 Å². The largest absolute Gasteiger partial charge is 0.392 e. The number of halogens is 3. The van der Waals surface area contributed by atoms with Crippen LogP contribution in [0.5, 0.6) is 0 Å². The van der Waals surface area contributed by atoms with Crippen LogP contribution in [0.25, 0.3) is 0 Å². The summed E-state index contributed by atoms with van der Waals surface area (Å²) in [6.45, 7) is 1.76. The van der Waals surface area contributed by atoms with Crippen molar-refractivity contribution in [2.24, 2.45) is 11.8 Å². The van der Waals surface area contributed by atoms with Crippen molar-refractivity contribution in [1.29, 1.82) is 0 Å². The molecule has 1 aromatic carbocycles. The Balaban J connectivity index is 1.97. The molecule has 2 rings (SSSR count). The van der Waals surface area contributed by atoms with E-state index in [9.17, 15) is 23.1 Å². The number of hydrogen-bond acceptors (Lipinski definition) is 2. The van der Waals surface area contributed by atoms with E-state index in [0.717, 1.165) is 5.56 Å². The van der Waals surface area contributed by atoms with Crippen LogP contribution in [0.2, 0.25) is 0 Å². The molecule has 6 heteroatoms. The molecule has 0 radical (unpaired) electrons. The number of nitrogens with one attached hydrogen (secondary N) is 1. The van der Waals surface area contributed by atoms with Crippen molar-refractivity contribution in [2.75, 3.05) is 6.54 Å². The van der Waals surface area contributed by atoms with Crippen LogP contribution in [0.4, 0.5) is 13.2 Å². The molecule has 1 aromatic rings. The van der Waals surface area contributed by atoms with Crippen molar-refractivity contribution in [3.8, 4) is 0 Å². The zero-order chi connectivity index (χ0) is 17.0. The summed E-state index contributed by atoms with van der Waals surface area (Å²) in [5.74, 6) is -3.24. The van der Waals surface area contributed by atoms with Gasteiger partial charge in [-0.15, -0.1) is 0 Å². The van der Waals surface area contributed by atoms with Crippen LogP contribution < -0.4 is 5.32 Å². The zero-order valence-corrected chi connectivity index (χ0v) is 13.1. The van der Waals surface area contributed by atoms with E-state index in [0.29, 0.717) is 18.4 Å². The zero-order valence-electron chi connectivity index (χ0n) is 13.1. The molecule has 128 valence electrons. The topological polar surface area (TPSA) is 49.3 Å². The Morgan fingerprint density at radius 3 is 2.61 bits per heavy atom. The highest BCUT2D eigenvalue weighted by atomic mass is 19.4. The van der Waals surface area contributed by atoms with E-state index in [1.165, 1.54) is 0 Å². The van der Waals surface area contributed by atoms with Crippen LogP contribution in [-0.4, -0.2) is 23.7 Å². The van der Waals surface area contributed by atoms with Gasteiger partial charge in [-0.1, -0.05) is 37.1 Å². The molecule has 0 aromatic heterocycles. The van der Waals surface area contributed by atoms with Crippen molar-refractivity contribution >= 4 is 5.91 Å². The van der Waals surface area contributed by atoms with Gasteiger partial charge >= 0.3 is 6.18 Å². The van der Waals surface area contributed by atoms with E-state index in [1.54, 1.807) is 12.1 Å². The summed E-state index contributed by atoms with van der Waals surface area (Å²) >= 11 is 0. The summed E-state index contributed by atoms with van der Waals surface area (Å²) in [7, 11) is 0. The lowest BCUT2D eigenvalue weighted by Gasteiger charge is -2.32. The van der Waals surface area contributed by atoms with Gasteiger partial charge in [0.05, 0.1) is 12.0 Å². The molecule has 1 saturated carbocycles. The summed E-state index contributed by atoms with van der Waals surface area (Å²) < 4.78 is 39.1. The summed E-state index contributed by atoms with van der Waals surface area (Å²) in [5, 5.41) is 12.6. The minimum atomic E-state index is -4.35. The van der Waals surface area contributed by atoms with Gasteiger partial charge in [-0.05, 0) is 30.9 Å². The Morgan fingerprint density at radius 1 is 1.30 bits per heavy atom. The lowest BCUT2D eigenvalue weighted by atomic mass is 9.78. The highest BCUT2D eigenvalue weighted by molar-refractivity contribution is 5.79. The van der Waals surface area contributed by atoms with Gasteiger partial charge in [0.15, 0.2) is 0 Å². The fourth-order valence-electron chi connectivity index (χ4n) is 3.24. The lowest BCUT2D eigenvalue weighted by Crippen LogP contribution is -2.43. The van der Waals surface area contributed by atoms with Crippen LogP contribution >= 0.6 is 0 Å². The summed E-state index contributed by atoms with van der Waals surface area (Å²) in [6, 6.07) is 7.18. The van der Waals surface area contributed by atoms with E-state index in [1.807, 2.05) is 19.1 Å². The summed E-state index contributed by atoms with van der Waals surface area (Å²) in [6.07, 6.45) is -3.90. The number of aliphatic hydroxyl groups is 1. The van der Waals surface area contributed by atoms with Crippen molar-refractivity contribution in [2.45, 2.75) is 44.9 Å². The Kier molecular flexibility index (Phi) is 5.68. The van der Waals surface area contributed by atoms with E-state index in [2.05, 4.69) is 5.32 Å². The molecule has 0 spiro atoms. The first-order chi connectivity index (χ1) is 10.8. The fourth-order valence-corrected chi connectivity index (χ4v) is 3.24. The molecule has 0 bridgehead atoms.